The average Bonchev–Trinajstić information content (AvgIpc) is 2.62. The number of nitrogens with one attached hydrogen (secondary N) is 1. The van der Waals surface area contributed by atoms with Gasteiger partial charge < -0.3 is 15.3 Å². The van der Waals surface area contributed by atoms with E-state index in [9.17, 15) is 14.7 Å². The summed E-state index contributed by atoms with van der Waals surface area (Å²) in [7, 11) is 0. The molecule has 0 bridgehead atoms. The lowest BCUT2D eigenvalue weighted by Crippen LogP contribution is -2.49. The lowest BCUT2D eigenvalue weighted by molar-refractivity contribution is -0.140. The third kappa shape index (κ3) is 5.56. The number of nitrogens with zero attached hydrogens (tertiary/aromatic N) is 1. The molecule has 3 unspecified atom stereocenters. The van der Waals surface area contributed by atoms with Crippen molar-refractivity contribution in [2.24, 2.45) is 5.92 Å². The Morgan fingerprint density at radius 3 is 2.68 bits per heavy atom. The van der Waals surface area contributed by atoms with Crippen LogP contribution in [0.15, 0.2) is 30.3 Å². The molecule has 3 atom stereocenters. The number of benzene rings is 1. The first kappa shape index (κ1) is 19.4. The van der Waals surface area contributed by atoms with Crippen molar-refractivity contribution in [2.45, 2.75) is 58.1 Å². The van der Waals surface area contributed by atoms with Crippen molar-refractivity contribution in [1.29, 1.82) is 0 Å². The van der Waals surface area contributed by atoms with Crippen LogP contribution in [-0.2, 0) is 9.59 Å². The van der Waals surface area contributed by atoms with Crippen molar-refractivity contribution in [3.63, 3.8) is 0 Å². The second kappa shape index (κ2) is 9.56. The van der Waals surface area contributed by atoms with Crippen LogP contribution in [0.5, 0.6) is 0 Å². The van der Waals surface area contributed by atoms with Crippen LogP contribution in [0.2, 0.25) is 0 Å². The van der Waals surface area contributed by atoms with Crippen molar-refractivity contribution in [3.05, 3.63) is 35.9 Å². The summed E-state index contributed by atoms with van der Waals surface area (Å²) in [6, 6.07) is 9.33. The summed E-state index contributed by atoms with van der Waals surface area (Å²) in [6.45, 7) is 5.24. The van der Waals surface area contributed by atoms with Gasteiger partial charge in [-0.05, 0) is 31.7 Å². The number of carbonyl (C=O) groups is 2. The number of piperidine rings is 1. The van der Waals surface area contributed by atoms with Gasteiger partial charge in [-0.3, -0.25) is 9.59 Å². The molecule has 5 nitrogen and oxygen atoms in total. The van der Waals surface area contributed by atoms with Crippen LogP contribution in [0.1, 0.15) is 57.6 Å². The first-order valence-corrected chi connectivity index (χ1v) is 9.33. The highest BCUT2D eigenvalue weighted by molar-refractivity contribution is 5.81. The molecule has 0 aromatic heterocycles. The van der Waals surface area contributed by atoms with Gasteiger partial charge in [-0.25, -0.2) is 0 Å². The summed E-state index contributed by atoms with van der Waals surface area (Å²) in [5.41, 5.74) is 0.745. The predicted octanol–water partition coefficient (Wildman–Crippen LogP) is 2.65. The van der Waals surface area contributed by atoms with Gasteiger partial charge in [-0.1, -0.05) is 43.7 Å². The topological polar surface area (TPSA) is 69.6 Å². The van der Waals surface area contributed by atoms with Crippen molar-refractivity contribution < 1.29 is 14.7 Å². The normalized spacial score (nSPS) is 21.6. The molecule has 1 aliphatic rings. The van der Waals surface area contributed by atoms with E-state index >= 15 is 0 Å². The minimum absolute atomic E-state index is 0.0433. The maximum atomic E-state index is 12.7. The largest absolute Gasteiger partial charge is 0.388 e. The van der Waals surface area contributed by atoms with Gasteiger partial charge in [-0.2, -0.15) is 0 Å². The highest BCUT2D eigenvalue weighted by Crippen LogP contribution is 2.25. The molecule has 2 rings (SSSR count). The lowest BCUT2D eigenvalue weighted by Gasteiger charge is -2.38. The average molecular weight is 346 g/mol. The molecule has 1 heterocycles. The number of hydrogen-bond donors (Lipinski definition) is 2. The molecule has 1 aromatic carbocycles. The van der Waals surface area contributed by atoms with Gasteiger partial charge in [0, 0.05) is 19.1 Å². The molecule has 138 valence electrons. The van der Waals surface area contributed by atoms with Crippen LogP contribution in [0.25, 0.3) is 0 Å². The van der Waals surface area contributed by atoms with E-state index in [4.69, 9.17) is 0 Å². The summed E-state index contributed by atoms with van der Waals surface area (Å²) >= 11 is 0. The number of amides is 2. The zero-order valence-electron chi connectivity index (χ0n) is 15.3. The van der Waals surface area contributed by atoms with Gasteiger partial charge in [0.05, 0.1) is 18.4 Å². The Bertz CT molecular complexity index is 561. The Labute approximate surface area is 150 Å². The number of likely N-dealkylation sites (tertiary alicyclic amines) is 1. The third-order valence-corrected chi connectivity index (χ3v) is 4.96. The fraction of sp³-hybridized carbons (Fsp3) is 0.600. The Morgan fingerprint density at radius 1 is 1.28 bits per heavy atom. The molecule has 5 heteroatoms. The van der Waals surface area contributed by atoms with E-state index in [0.29, 0.717) is 13.1 Å². The van der Waals surface area contributed by atoms with E-state index < -0.39 is 6.10 Å². The minimum Gasteiger partial charge on any atom is -0.388 e. The summed E-state index contributed by atoms with van der Waals surface area (Å²) in [5, 5.41) is 13.3. The molecule has 1 saturated heterocycles. The maximum absolute atomic E-state index is 12.7. The van der Waals surface area contributed by atoms with E-state index in [-0.39, 0.29) is 30.2 Å². The van der Waals surface area contributed by atoms with Gasteiger partial charge in [-0.15, -0.1) is 0 Å². The van der Waals surface area contributed by atoms with Crippen LogP contribution in [-0.4, -0.2) is 41.0 Å². The molecule has 2 amide bonds. The first-order valence-electron chi connectivity index (χ1n) is 9.33. The van der Waals surface area contributed by atoms with Gasteiger partial charge in [0.1, 0.15) is 0 Å². The summed E-state index contributed by atoms with van der Waals surface area (Å²) in [5.74, 6) is -0.192. The molecular weight excluding hydrogens is 316 g/mol. The van der Waals surface area contributed by atoms with Crippen molar-refractivity contribution in [1.82, 2.24) is 10.2 Å². The van der Waals surface area contributed by atoms with E-state index in [1.54, 1.807) is 4.90 Å². The van der Waals surface area contributed by atoms with Crippen LogP contribution in [0.4, 0.5) is 0 Å². The van der Waals surface area contributed by atoms with Crippen LogP contribution in [0, 0.1) is 5.92 Å². The lowest BCUT2D eigenvalue weighted by atomic mass is 9.92. The van der Waals surface area contributed by atoms with Gasteiger partial charge in [0.15, 0.2) is 0 Å². The van der Waals surface area contributed by atoms with Crippen LogP contribution in [0.3, 0.4) is 0 Å². The number of aliphatic hydroxyl groups is 1. The maximum Gasteiger partial charge on any atom is 0.225 e. The van der Waals surface area contributed by atoms with E-state index in [1.165, 1.54) is 0 Å². The molecule has 1 aliphatic heterocycles. The van der Waals surface area contributed by atoms with E-state index in [1.807, 2.05) is 37.3 Å². The fourth-order valence-corrected chi connectivity index (χ4v) is 3.28. The number of aliphatic hydroxyl groups excluding tert-OH is 1. The standard InChI is InChI=1S/C20H30N2O3/c1-3-4-12-21-20(25)17-11-10-15(2)22(14-17)19(24)13-18(23)16-8-6-5-7-9-16/h5-9,15,17-18,23H,3-4,10-14H2,1-2H3,(H,21,25). The monoisotopic (exact) mass is 346 g/mol. The molecule has 25 heavy (non-hydrogen) atoms. The Hall–Kier alpha value is -1.88. The van der Waals surface area contributed by atoms with Crippen LogP contribution >= 0.6 is 0 Å². The number of carbonyl (C=O) groups excluding carboxylic acids is 2. The fourth-order valence-electron chi connectivity index (χ4n) is 3.28. The smallest absolute Gasteiger partial charge is 0.225 e. The van der Waals surface area contributed by atoms with E-state index in [0.717, 1.165) is 31.2 Å². The Morgan fingerprint density at radius 2 is 2.00 bits per heavy atom. The molecule has 0 aliphatic carbocycles. The van der Waals surface area contributed by atoms with E-state index in [2.05, 4.69) is 12.2 Å². The zero-order valence-corrected chi connectivity index (χ0v) is 15.3. The van der Waals surface area contributed by atoms with Crippen molar-refractivity contribution >= 4 is 11.8 Å². The minimum atomic E-state index is -0.806. The third-order valence-electron chi connectivity index (χ3n) is 4.96. The number of unbranched alkanes of at least 4 members (excludes halogenated alkanes) is 1. The van der Waals surface area contributed by atoms with Gasteiger partial charge in [0.2, 0.25) is 11.8 Å². The van der Waals surface area contributed by atoms with Gasteiger partial charge in [0.25, 0.3) is 0 Å². The second-order valence-corrected chi connectivity index (χ2v) is 6.94. The molecule has 0 saturated carbocycles. The summed E-state index contributed by atoms with van der Waals surface area (Å²) < 4.78 is 0. The zero-order chi connectivity index (χ0) is 18.2. The number of rotatable bonds is 7. The Balaban J connectivity index is 1.92. The molecule has 1 aromatic rings. The predicted molar refractivity (Wildman–Crippen MR) is 97.8 cm³/mol. The molecular formula is C20H30N2O3. The molecule has 1 fully saturated rings. The molecule has 0 spiro atoms. The summed E-state index contributed by atoms with van der Waals surface area (Å²) in [6.07, 6.45) is 2.89. The highest BCUT2D eigenvalue weighted by Gasteiger charge is 2.33. The first-order chi connectivity index (χ1) is 12.0. The molecule has 2 N–H and O–H groups in total. The van der Waals surface area contributed by atoms with Gasteiger partial charge >= 0.3 is 0 Å². The van der Waals surface area contributed by atoms with Crippen molar-refractivity contribution in [2.75, 3.05) is 13.1 Å². The number of hydrogen-bond acceptors (Lipinski definition) is 3. The highest BCUT2D eigenvalue weighted by atomic mass is 16.3. The summed E-state index contributed by atoms with van der Waals surface area (Å²) in [4.78, 5) is 26.7. The molecule has 0 radical (unpaired) electrons. The Kier molecular flexibility index (Phi) is 7.44. The van der Waals surface area contributed by atoms with Crippen molar-refractivity contribution in [3.8, 4) is 0 Å². The van der Waals surface area contributed by atoms with Crippen LogP contribution < -0.4 is 5.32 Å². The second-order valence-electron chi connectivity index (χ2n) is 6.94. The quantitative estimate of drug-likeness (QED) is 0.746. The SMILES string of the molecule is CCCCNC(=O)C1CCC(C)N(C(=O)CC(O)c2ccccc2)C1.